The van der Waals surface area contributed by atoms with Crippen LogP contribution in [0.15, 0.2) is 0 Å². The summed E-state index contributed by atoms with van der Waals surface area (Å²) < 4.78 is 33.2. The lowest BCUT2D eigenvalue weighted by atomic mass is 10.1. The van der Waals surface area contributed by atoms with Crippen LogP contribution in [0.25, 0.3) is 0 Å². The molecule has 0 unspecified atom stereocenters. The molecule has 196 valence electrons. The van der Waals surface area contributed by atoms with Crippen LogP contribution in [-0.4, -0.2) is 129 Å². The van der Waals surface area contributed by atoms with Crippen LogP contribution >= 0.6 is 0 Å². The smallest absolute Gasteiger partial charge is 0.252 e. The van der Waals surface area contributed by atoms with Gasteiger partial charge in [0.25, 0.3) is 23.6 Å². The minimum Gasteiger partial charge on any atom is -0.377 e. The number of carbonyl (C=O) groups is 4. The summed E-state index contributed by atoms with van der Waals surface area (Å²) in [5.41, 5.74) is 0. The molecular weight excluding hydrogens is 456 g/mol. The minimum absolute atomic E-state index is 0.0196. The van der Waals surface area contributed by atoms with Gasteiger partial charge in [-0.25, -0.2) is 0 Å². The molecule has 1 fully saturated rings. The molecule has 0 aromatic carbocycles. The van der Waals surface area contributed by atoms with Gasteiger partial charge in [0.1, 0.15) is 0 Å². The van der Waals surface area contributed by atoms with E-state index >= 15 is 0 Å². The van der Waals surface area contributed by atoms with Gasteiger partial charge < -0.3 is 49.7 Å². The van der Waals surface area contributed by atoms with Crippen molar-refractivity contribution in [1.29, 1.82) is 0 Å². The van der Waals surface area contributed by atoms with E-state index in [1.54, 1.807) is 0 Å². The van der Waals surface area contributed by atoms with Gasteiger partial charge in [-0.2, -0.15) is 0 Å². The molecule has 1 aliphatic rings. The van der Waals surface area contributed by atoms with Crippen molar-refractivity contribution in [2.75, 3.05) is 81.0 Å². The van der Waals surface area contributed by atoms with Gasteiger partial charge in [0.2, 0.25) is 0 Å². The molecular formula is C20H36N4O10. The second-order valence-electron chi connectivity index (χ2n) is 6.85. The van der Waals surface area contributed by atoms with E-state index in [4.69, 9.17) is 28.4 Å². The largest absolute Gasteiger partial charge is 0.377 e. The predicted octanol–water partition coefficient (Wildman–Crippen LogP) is -3.44. The number of nitrogens with one attached hydrogen (secondary N) is 4. The molecule has 0 spiro atoms. The number of hydrogen-bond donors (Lipinski definition) is 4. The monoisotopic (exact) mass is 492 g/mol. The standard InChI is InChI=1S/C20H36N4O10/c1-21-17(25)13-14(18(26)22-2)32-10-6-30-8-12-34-16(20(28)24-4)15(19(27)23-3)33-11-7-29-5-9-31-13/h13-16H,5-12H2,1-4H3,(H,21,25)(H,22,26)(H,23,27)(H,24,28)/t13-,14-,15-,16+/m0/s1. The first-order valence-electron chi connectivity index (χ1n) is 10.9. The second kappa shape index (κ2) is 17.1. The molecule has 4 N–H and O–H groups in total. The van der Waals surface area contributed by atoms with E-state index in [2.05, 4.69) is 21.3 Å². The van der Waals surface area contributed by atoms with Crippen LogP contribution in [-0.2, 0) is 47.6 Å². The fourth-order valence-electron chi connectivity index (χ4n) is 2.91. The Kier molecular flexibility index (Phi) is 14.9. The van der Waals surface area contributed by atoms with Crippen molar-refractivity contribution in [3.05, 3.63) is 0 Å². The lowest BCUT2D eigenvalue weighted by Crippen LogP contribution is -2.52. The fraction of sp³-hybridized carbons (Fsp3) is 0.800. The maximum Gasteiger partial charge on any atom is 0.252 e. The van der Waals surface area contributed by atoms with E-state index in [0.717, 1.165) is 0 Å². The quantitative estimate of drug-likeness (QED) is 0.309. The van der Waals surface area contributed by atoms with Crippen LogP contribution in [0.3, 0.4) is 0 Å². The zero-order chi connectivity index (χ0) is 25.3. The molecule has 34 heavy (non-hydrogen) atoms. The van der Waals surface area contributed by atoms with Crippen molar-refractivity contribution in [2.45, 2.75) is 24.4 Å². The molecule has 1 saturated heterocycles. The molecule has 0 bridgehead atoms. The van der Waals surface area contributed by atoms with Crippen molar-refractivity contribution in [3.63, 3.8) is 0 Å². The number of rotatable bonds is 4. The van der Waals surface area contributed by atoms with Gasteiger partial charge in [-0.3, -0.25) is 19.2 Å². The maximum atomic E-state index is 12.3. The Balaban J connectivity index is 2.90. The number of ether oxygens (including phenoxy) is 6. The van der Waals surface area contributed by atoms with Crippen molar-refractivity contribution < 1.29 is 47.6 Å². The summed E-state index contributed by atoms with van der Waals surface area (Å²) in [5.74, 6) is -2.13. The highest BCUT2D eigenvalue weighted by atomic mass is 16.6. The Hall–Kier alpha value is -2.36. The molecule has 1 heterocycles. The Bertz CT molecular complexity index is 545. The lowest BCUT2D eigenvalue weighted by Gasteiger charge is -2.26. The Morgan fingerprint density at radius 1 is 0.441 bits per heavy atom. The molecule has 4 atom stereocenters. The summed E-state index contributed by atoms with van der Waals surface area (Å²) in [4.78, 5) is 49.1. The number of hydrogen-bond acceptors (Lipinski definition) is 10. The Morgan fingerprint density at radius 2 is 0.647 bits per heavy atom. The highest BCUT2D eigenvalue weighted by Gasteiger charge is 2.36. The summed E-state index contributed by atoms with van der Waals surface area (Å²) in [6.07, 6.45) is -4.84. The second-order valence-corrected chi connectivity index (χ2v) is 6.85. The summed E-state index contributed by atoms with van der Waals surface area (Å²) in [6.45, 7) is 0.201. The number of amides is 4. The average molecular weight is 493 g/mol. The Labute approximate surface area is 198 Å². The zero-order valence-electron chi connectivity index (χ0n) is 20.0. The molecule has 4 amide bonds. The molecule has 14 nitrogen and oxygen atoms in total. The van der Waals surface area contributed by atoms with Gasteiger partial charge in [0.05, 0.1) is 52.9 Å². The van der Waals surface area contributed by atoms with Crippen LogP contribution in [0.1, 0.15) is 0 Å². The van der Waals surface area contributed by atoms with Crippen molar-refractivity contribution >= 4 is 23.6 Å². The zero-order valence-corrected chi connectivity index (χ0v) is 20.0. The van der Waals surface area contributed by atoms with Crippen LogP contribution in [0.2, 0.25) is 0 Å². The topological polar surface area (TPSA) is 172 Å². The third-order valence-corrected chi connectivity index (χ3v) is 4.67. The number of carbonyl (C=O) groups excluding carboxylic acids is 4. The van der Waals surface area contributed by atoms with Gasteiger partial charge in [-0.1, -0.05) is 0 Å². The van der Waals surface area contributed by atoms with Gasteiger partial charge in [-0.05, 0) is 0 Å². The molecule has 0 aliphatic carbocycles. The van der Waals surface area contributed by atoms with E-state index in [-0.39, 0.29) is 52.9 Å². The van der Waals surface area contributed by atoms with Crippen LogP contribution in [0.4, 0.5) is 0 Å². The van der Waals surface area contributed by atoms with E-state index in [0.29, 0.717) is 0 Å². The third kappa shape index (κ3) is 9.87. The minimum atomic E-state index is -1.21. The van der Waals surface area contributed by atoms with E-state index in [1.165, 1.54) is 28.2 Å². The molecule has 14 heteroatoms. The van der Waals surface area contributed by atoms with Crippen LogP contribution in [0.5, 0.6) is 0 Å². The number of likely N-dealkylation sites (N-methyl/N-ethyl adjacent to an activating group) is 4. The SMILES string of the molecule is CNC(=O)[C@H]1OCCOCCO[C@H](C(=O)NC)[C@H](C(=O)NC)OCCOCCO[C@@H]1C(=O)NC. The van der Waals surface area contributed by atoms with Gasteiger partial charge in [-0.15, -0.1) is 0 Å². The maximum absolute atomic E-state index is 12.3. The van der Waals surface area contributed by atoms with Gasteiger partial charge in [0.15, 0.2) is 24.4 Å². The van der Waals surface area contributed by atoms with Crippen LogP contribution < -0.4 is 21.3 Å². The fourth-order valence-corrected chi connectivity index (χ4v) is 2.91. The highest BCUT2D eigenvalue weighted by molar-refractivity contribution is 5.91. The molecule has 0 radical (unpaired) electrons. The first-order valence-corrected chi connectivity index (χ1v) is 10.9. The molecule has 0 aromatic rings. The highest BCUT2D eigenvalue weighted by Crippen LogP contribution is 2.09. The third-order valence-electron chi connectivity index (χ3n) is 4.67. The van der Waals surface area contributed by atoms with E-state index in [9.17, 15) is 19.2 Å². The van der Waals surface area contributed by atoms with Crippen molar-refractivity contribution in [2.24, 2.45) is 0 Å². The van der Waals surface area contributed by atoms with E-state index < -0.39 is 48.0 Å². The predicted molar refractivity (Wildman–Crippen MR) is 117 cm³/mol. The summed E-state index contributed by atoms with van der Waals surface area (Å²) in [5, 5.41) is 9.79. The van der Waals surface area contributed by atoms with Gasteiger partial charge >= 0.3 is 0 Å². The molecule has 1 rings (SSSR count). The molecule has 0 aromatic heterocycles. The average Bonchev–Trinajstić information content (AvgIpc) is 2.86. The van der Waals surface area contributed by atoms with Crippen molar-refractivity contribution in [1.82, 2.24) is 21.3 Å². The summed E-state index contributed by atoms with van der Waals surface area (Å²) in [6, 6.07) is 0. The molecule has 1 aliphatic heterocycles. The van der Waals surface area contributed by atoms with Gasteiger partial charge in [0, 0.05) is 28.2 Å². The summed E-state index contributed by atoms with van der Waals surface area (Å²) >= 11 is 0. The van der Waals surface area contributed by atoms with E-state index in [1.807, 2.05) is 0 Å². The van der Waals surface area contributed by atoms with Crippen LogP contribution in [0, 0.1) is 0 Å². The summed E-state index contributed by atoms with van der Waals surface area (Å²) in [7, 11) is 5.68. The lowest BCUT2D eigenvalue weighted by molar-refractivity contribution is -0.164. The Morgan fingerprint density at radius 3 is 0.824 bits per heavy atom. The first-order chi connectivity index (χ1) is 16.4. The molecule has 0 saturated carbocycles. The van der Waals surface area contributed by atoms with Crippen molar-refractivity contribution in [3.8, 4) is 0 Å². The first kappa shape index (κ1) is 29.7. The normalized spacial score (nSPS) is 26.2.